The van der Waals surface area contributed by atoms with Crippen molar-refractivity contribution in [2.24, 2.45) is 5.92 Å². The zero-order valence-corrected chi connectivity index (χ0v) is 8.66. The highest BCUT2D eigenvalue weighted by atomic mass is 16.5. The fraction of sp³-hybridized carbons (Fsp3) is 0.900. The Morgan fingerprint density at radius 1 is 1.43 bits per heavy atom. The summed E-state index contributed by atoms with van der Waals surface area (Å²) < 4.78 is 5.58. The molecule has 2 aliphatic rings. The Labute approximate surface area is 84.6 Å². The van der Waals surface area contributed by atoms with Gasteiger partial charge in [0.15, 0.2) is 0 Å². The van der Waals surface area contributed by atoms with Gasteiger partial charge in [0.25, 0.3) is 0 Å². The predicted octanol–water partition coefficient (Wildman–Crippen LogP) is -0.157. The summed E-state index contributed by atoms with van der Waals surface area (Å²) in [6.07, 6.45) is 2.61. The number of likely N-dealkylation sites (N-methyl/N-ethyl adjacent to an activating group) is 1. The van der Waals surface area contributed by atoms with Gasteiger partial charge in [-0.15, -0.1) is 0 Å². The summed E-state index contributed by atoms with van der Waals surface area (Å²) in [4.78, 5) is 13.0. The summed E-state index contributed by atoms with van der Waals surface area (Å²) in [5.74, 6) is 0.738. The lowest BCUT2D eigenvalue weighted by Gasteiger charge is -2.36. The van der Waals surface area contributed by atoms with Crippen molar-refractivity contribution in [3.8, 4) is 0 Å². The SMILES string of the molecule is CN1CC(C2CCNCC2)OCC1=O. The van der Waals surface area contributed by atoms with E-state index in [-0.39, 0.29) is 18.6 Å². The number of amides is 1. The summed E-state index contributed by atoms with van der Waals surface area (Å²) in [6.45, 7) is 3.21. The second-order valence-corrected chi connectivity index (χ2v) is 4.21. The first-order chi connectivity index (χ1) is 6.77. The second kappa shape index (κ2) is 4.28. The Morgan fingerprint density at radius 3 is 2.79 bits per heavy atom. The van der Waals surface area contributed by atoms with Crippen molar-refractivity contribution in [1.82, 2.24) is 10.2 Å². The maximum Gasteiger partial charge on any atom is 0.248 e. The molecule has 1 N–H and O–H groups in total. The molecule has 1 unspecified atom stereocenters. The van der Waals surface area contributed by atoms with Gasteiger partial charge in [-0.25, -0.2) is 0 Å². The van der Waals surface area contributed by atoms with Crippen molar-refractivity contribution in [3.63, 3.8) is 0 Å². The predicted molar refractivity (Wildman–Crippen MR) is 53.0 cm³/mol. The summed E-state index contributed by atoms with van der Waals surface area (Å²) in [6, 6.07) is 0. The summed E-state index contributed by atoms with van der Waals surface area (Å²) >= 11 is 0. The van der Waals surface area contributed by atoms with Gasteiger partial charge in [-0.3, -0.25) is 4.79 Å². The van der Waals surface area contributed by atoms with Crippen LogP contribution in [-0.4, -0.2) is 50.2 Å². The van der Waals surface area contributed by atoms with Gasteiger partial charge >= 0.3 is 0 Å². The van der Waals surface area contributed by atoms with Gasteiger partial charge in [0.1, 0.15) is 6.61 Å². The monoisotopic (exact) mass is 198 g/mol. The Balaban J connectivity index is 1.88. The molecule has 14 heavy (non-hydrogen) atoms. The average Bonchev–Trinajstić information content (AvgIpc) is 2.23. The number of morpholine rings is 1. The van der Waals surface area contributed by atoms with Crippen molar-refractivity contribution in [2.75, 3.05) is 33.3 Å². The number of carbonyl (C=O) groups excluding carboxylic acids is 1. The number of rotatable bonds is 1. The van der Waals surface area contributed by atoms with E-state index in [0.29, 0.717) is 5.92 Å². The highest BCUT2D eigenvalue weighted by molar-refractivity contribution is 5.77. The quantitative estimate of drug-likeness (QED) is 0.637. The number of hydrogen-bond donors (Lipinski definition) is 1. The third-order valence-electron chi connectivity index (χ3n) is 3.21. The first-order valence-corrected chi connectivity index (χ1v) is 5.33. The van der Waals surface area contributed by atoms with Crippen LogP contribution < -0.4 is 5.32 Å². The zero-order chi connectivity index (χ0) is 9.97. The molecular weight excluding hydrogens is 180 g/mol. The molecule has 1 atom stereocenters. The van der Waals surface area contributed by atoms with Gasteiger partial charge < -0.3 is 15.0 Å². The molecule has 2 rings (SSSR count). The minimum Gasteiger partial charge on any atom is -0.366 e. The van der Waals surface area contributed by atoms with E-state index in [2.05, 4.69) is 5.32 Å². The highest BCUT2D eigenvalue weighted by Gasteiger charge is 2.30. The van der Waals surface area contributed by atoms with Gasteiger partial charge in [-0.05, 0) is 31.8 Å². The zero-order valence-electron chi connectivity index (χ0n) is 8.66. The number of ether oxygens (including phenoxy) is 1. The van der Waals surface area contributed by atoms with Crippen LogP contribution in [0.25, 0.3) is 0 Å². The minimum atomic E-state index is 0.107. The van der Waals surface area contributed by atoms with Crippen LogP contribution in [0.15, 0.2) is 0 Å². The van der Waals surface area contributed by atoms with E-state index in [0.717, 1.165) is 19.6 Å². The van der Waals surface area contributed by atoms with Crippen molar-refractivity contribution in [1.29, 1.82) is 0 Å². The standard InChI is InChI=1S/C10H18N2O2/c1-12-6-9(14-7-10(12)13)8-2-4-11-5-3-8/h8-9,11H,2-7H2,1H3. The fourth-order valence-electron chi connectivity index (χ4n) is 2.21. The molecule has 0 aliphatic carbocycles. The lowest BCUT2D eigenvalue weighted by molar-refractivity contribution is -0.150. The van der Waals surface area contributed by atoms with Crippen LogP contribution >= 0.6 is 0 Å². The Morgan fingerprint density at radius 2 is 2.14 bits per heavy atom. The van der Waals surface area contributed by atoms with E-state index in [4.69, 9.17) is 4.74 Å². The van der Waals surface area contributed by atoms with E-state index in [9.17, 15) is 4.79 Å². The maximum atomic E-state index is 11.2. The number of nitrogens with zero attached hydrogens (tertiary/aromatic N) is 1. The molecule has 0 aromatic carbocycles. The Hall–Kier alpha value is -0.610. The van der Waals surface area contributed by atoms with Crippen LogP contribution in [0.3, 0.4) is 0 Å². The number of piperidine rings is 1. The number of carbonyl (C=O) groups is 1. The Kier molecular flexibility index (Phi) is 3.03. The third kappa shape index (κ3) is 2.07. The fourth-order valence-corrected chi connectivity index (χ4v) is 2.21. The molecule has 0 spiro atoms. The van der Waals surface area contributed by atoms with E-state index >= 15 is 0 Å². The summed E-state index contributed by atoms with van der Waals surface area (Å²) in [5.41, 5.74) is 0. The lowest BCUT2D eigenvalue weighted by Crippen LogP contribution is -2.49. The molecule has 0 bridgehead atoms. The minimum absolute atomic E-state index is 0.107. The van der Waals surface area contributed by atoms with Crippen LogP contribution in [0.2, 0.25) is 0 Å². The van der Waals surface area contributed by atoms with Gasteiger partial charge in [0.2, 0.25) is 5.91 Å². The van der Waals surface area contributed by atoms with Crippen LogP contribution in [0, 0.1) is 5.92 Å². The molecular formula is C10H18N2O2. The van der Waals surface area contributed by atoms with Crippen LogP contribution in [0.5, 0.6) is 0 Å². The molecule has 1 amide bonds. The number of hydrogen-bond acceptors (Lipinski definition) is 3. The summed E-state index contributed by atoms with van der Waals surface area (Å²) in [5, 5.41) is 3.34. The van der Waals surface area contributed by atoms with Gasteiger partial charge in [0, 0.05) is 13.6 Å². The molecule has 4 heteroatoms. The Bertz CT molecular complexity index is 214. The lowest BCUT2D eigenvalue weighted by atomic mass is 9.91. The first kappa shape index (κ1) is 9.93. The highest BCUT2D eigenvalue weighted by Crippen LogP contribution is 2.21. The van der Waals surface area contributed by atoms with Gasteiger partial charge in [-0.1, -0.05) is 0 Å². The van der Waals surface area contributed by atoms with Crippen LogP contribution in [0.1, 0.15) is 12.8 Å². The molecule has 80 valence electrons. The van der Waals surface area contributed by atoms with Gasteiger partial charge in [-0.2, -0.15) is 0 Å². The van der Waals surface area contributed by atoms with Crippen molar-refractivity contribution >= 4 is 5.91 Å². The molecule has 0 aromatic heterocycles. The topological polar surface area (TPSA) is 41.6 Å². The number of nitrogens with one attached hydrogen (secondary N) is 1. The molecule has 0 aromatic rings. The molecule has 4 nitrogen and oxygen atoms in total. The molecule has 0 radical (unpaired) electrons. The van der Waals surface area contributed by atoms with Crippen LogP contribution in [-0.2, 0) is 9.53 Å². The molecule has 2 aliphatic heterocycles. The van der Waals surface area contributed by atoms with Crippen molar-refractivity contribution < 1.29 is 9.53 Å². The molecule has 2 saturated heterocycles. The largest absolute Gasteiger partial charge is 0.366 e. The second-order valence-electron chi connectivity index (χ2n) is 4.21. The smallest absolute Gasteiger partial charge is 0.248 e. The molecule has 2 heterocycles. The van der Waals surface area contributed by atoms with Gasteiger partial charge in [0.05, 0.1) is 6.10 Å². The van der Waals surface area contributed by atoms with Crippen molar-refractivity contribution in [2.45, 2.75) is 18.9 Å². The van der Waals surface area contributed by atoms with Crippen molar-refractivity contribution in [3.05, 3.63) is 0 Å². The van der Waals surface area contributed by atoms with E-state index in [1.165, 1.54) is 12.8 Å². The maximum absolute atomic E-state index is 11.2. The normalized spacial score (nSPS) is 30.8. The van der Waals surface area contributed by atoms with E-state index in [1.54, 1.807) is 4.90 Å². The van der Waals surface area contributed by atoms with Crippen LogP contribution in [0.4, 0.5) is 0 Å². The average molecular weight is 198 g/mol. The summed E-state index contributed by atoms with van der Waals surface area (Å²) in [7, 11) is 1.86. The third-order valence-corrected chi connectivity index (χ3v) is 3.21. The molecule has 0 saturated carbocycles. The van der Waals surface area contributed by atoms with E-state index in [1.807, 2.05) is 7.05 Å². The molecule has 2 fully saturated rings. The van der Waals surface area contributed by atoms with E-state index < -0.39 is 0 Å². The first-order valence-electron chi connectivity index (χ1n) is 5.33.